The number of carbonyl (C=O) groups excluding carboxylic acids is 1. The zero-order valence-corrected chi connectivity index (χ0v) is 16.1. The molecule has 0 saturated carbocycles. The van der Waals surface area contributed by atoms with Crippen molar-refractivity contribution in [1.29, 1.82) is 0 Å². The molecule has 6 nitrogen and oxygen atoms in total. The molecule has 25 heavy (non-hydrogen) atoms. The predicted octanol–water partition coefficient (Wildman–Crippen LogP) is 2.35. The highest BCUT2D eigenvalue weighted by Gasteiger charge is 2.27. The van der Waals surface area contributed by atoms with Crippen LogP contribution in [0.3, 0.4) is 0 Å². The van der Waals surface area contributed by atoms with Gasteiger partial charge in [-0.3, -0.25) is 4.79 Å². The molecule has 2 rings (SSSR count). The molecule has 1 aliphatic rings. The number of hydrogen-bond acceptors (Lipinski definition) is 4. The molecule has 0 atom stereocenters. The van der Waals surface area contributed by atoms with Crippen molar-refractivity contribution in [3.05, 3.63) is 24.3 Å². The summed E-state index contributed by atoms with van der Waals surface area (Å²) in [5, 5.41) is 0. The lowest BCUT2D eigenvalue weighted by molar-refractivity contribution is -0.130. The van der Waals surface area contributed by atoms with Gasteiger partial charge in [0.05, 0.1) is 11.5 Å². The first-order chi connectivity index (χ1) is 11.8. The fraction of sp³-hybridized carbons (Fsp3) is 0.611. The van der Waals surface area contributed by atoms with Gasteiger partial charge in [0.2, 0.25) is 15.9 Å². The SMILES string of the molecule is CCC(=O)N1CCCN(S(=O)(=O)c2ccc(OCC(C)C)cc2)CC1. The predicted molar refractivity (Wildman–Crippen MR) is 97.0 cm³/mol. The Balaban J connectivity index is 2.06. The van der Waals surface area contributed by atoms with E-state index in [0.717, 1.165) is 0 Å². The number of rotatable bonds is 6. The van der Waals surface area contributed by atoms with Crippen molar-refractivity contribution < 1.29 is 17.9 Å². The molecule has 7 heteroatoms. The third-order valence-electron chi connectivity index (χ3n) is 4.15. The molecule has 1 heterocycles. The van der Waals surface area contributed by atoms with E-state index in [0.29, 0.717) is 57.3 Å². The van der Waals surface area contributed by atoms with Crippen LogP contribution < -0.4 is 4.74 Å². The molecule has 140 valence electrons. The van der Waals surface area contributed by atoms with Crippen LogP contribution in [0.4, 0.5) is 0 Å². The summed E-state index contributed by atoms with van der Waals surface area (Å²) >= 11 is 0. The fourth-order valence-corrected chi connectivity index (χ4v) is 4.20. The lowest BCUT2D eigenvalue weighted by Crippen LogP contribution is -2.37. The lowest BCUT2D eigenvalue weighted by Gasteiger charge is -2.21. The largest absolute Gasteiger partial charge is 0.493 e. The fourth-order valence-electron chi connectivity index (χ4n) is 2.73. The van der Waals surface area contributed by atoms with Gasteiger partial charge >= 0.3 is 0 Å². The standard InChI is InChI=1S/C18H28N2O4S/c1-4-18(21)19-10-5-11-20(13-12-19)25(22,23)17-8-6-16(7-9-17)24-14-15(2)3/h6-9,15H,4-5,10-14H2,1-3H3. The highest BCUT2D eigenvalue weighted by molar-refractivity contribution is 7.89. The number of sulfonamides is 1. The zero-order chi connectivity index (χ0) is 18.4. The van der Waals surface area contributed by atoms with Gasteiger partial charge in [0.1, 0.15) is 5.75 Å². The molecule has 0 spiro atoms. The van der Waals surface area contributed by atoms with Gasteiger partial charge in [0.25, 0.3) is 0 Å². The van der Waals surface area contributed by atoms with Crippen molar-refractivity contribution in [2.45, 2.75) is 38.5 Å². The average Bonchev–Trinajstić information content (AvgIpc) is 2.86. The van der Waals surface area contributed by atoms with E-state index in [1.807, 2.05) is 6.92 Å². The number of ether oxygens (including phenoxy) is 1. The molecule has 0 aliphatic carbocycles. The van der Waals surface area contributed by atoms with E-state index in [2.05, 4.69) is 13.8 Å². The number of carbonyl (C=O) groups is 1. The second-order valence-electron chi connectivity index (χ2n) is 6.67. The maximum Gasteiger partial charge on any atom is 0.243 e. The second kappa shape index (κ2) is 8.67. The molecule has 0 bridgehead atoms. The highest BCUT2D eigenvalue weighted by Crippen LogP contribution is 2.21. The topological polar surface area (TPSA) is 66.9 Å². The minimum absolute atomic E-state index is 0.0749. The molecule has 0 radical (unpaired) electrons. The van der Waals surface area contributed by atoms with Crippen molar-refractivity contribution in [3.8, 4) is 5.75 Å². The Morgan fingerprint density at radius 1 is 1.12 bits per heavy atom. The van der Waals surface area contributed by atoms with Crippen LogP contribution in [-0.2, 0) is 14.8 Å². The van der Waals surface area contributed by atoms with Crippen LogP contribution in [0, 0.1) is 5.92 Å². The van der Waals surface area contributed by atoms with Gasteiger partial charge < -0.3 is 9.64 Å². The minimum atomic E-state index is -3.55. The molecule has 1 aliphatic heterocycles. The Labute approximate surface area is 150 Å². The third kappa shape index (κ3) is 5.19. The smallest absolute Gasteiger partial charge is 0.243 e. The Morgan fingerprint density at radius 2 is 1.80 bits per heavy atom. The zero-order valence-electron chi connectivity index (χ0n) is 15.3. The van der Waals surface area contributed by atoms with E-state index < -0.39 is 10.0 Å². The lowest BCUT2D eigenvalue weighted by atomic mass is 10.2. The van der Waals surface area contributed by atoms with E-state index in [4.69, 9.17) is 4.74 Å². The molecular formula is C18H28N2O4S. The molecule has 0 aromatic heterocycles. The molecule has 1 saturated heterocycles. The Morgan fingerprint density at radius 3 is 2.40 bits per heavy atom. The summed E-state index contributed by atoms with van der Waals surface area (Å²) in [5.74, 6) is 1.16. The summed E-state index contributed by atoms with van der Waals surface area (Å²) in [6.45, 7) is 8.36. The number of benzene rings is 1. The molecule has 1 amide bonds. The maximum absolute atomic E-state index is 12.8. The molecule has 1 aromatic carbocycles. The van der Waals surface area contributed by atoms with E-state index in [1.54, 1.807) is 29.2 Å². The van der Waals surface area contributed by atoms with E-state index >= 15 is 0 Å². The first kappa shape index (κ1) is 19.7. The van der Waals surface area contributed by atoms with Gasteiger partial charge in [-0.05, 0) is 36.6 Å². The van der Waals surface area contributed by atoms with E-state index in [9.17, 15) is 13.2 Å². The van der Waals surface area contributed by atoms with Crippen molar-refractivity contribution in [3.63, 3.8) is 0 Å². The number of amides is 1. The van der Waals surface area contributed by atoms with Crippen molar-refractivity contribution in [1.82, 2.24) is 9.21 Å². The van der Waals surface area contributed by atoms with Gasteiger partial charge in [-0.25, -0.2) is 8.42 Å². The molecular weight excluding hydrogens is 340 g/mol. The Kier molecular flexibility index (Phi) is 6.84. The van der Waals surface area contributed by atoms with Crippen molar-refractivity contribution >= 4 is 15.9 Å². The van der Waals surface area contributed by atoms with Crippen LogP contribution in [0.1, 0.15) is 33.6 Å². The Bertz CT molecular complexity index is 671. The van der Waals surface area contributed by atoms with Crippen LogP contribution >= 0.6 is 0 Å². The van der Waals surface area contributed by atoms with Gasteiger partial charge in [0, 0.05) is 32.6 Å². The highest BCUT2D eigenvalue weighted by atomic mass is 32.2. The van der Waals surface area contributed by atoms with Crippen molar-refractivity contribution in [2.24, 2.45) is 5.92 Å². The summed E-state index contributed by atoms with van der Waals surface area (Å²) in [6.07, 6.45) is 1.10. The normalized spacial score (nSPS) is 16.7. The summed E-state index contributed by atoms with van der Waals surface area (Å²) in [4.78, 5) is 13.8. The molecule has 0 unspecified atom stereocenters. The van der Waals surface area contributed by atoms with Gasteiger partial charge in [-0.1, -0.05) is 20.8 Å². The minimum Gasteiger partial charge on any atom is -0.493 e. The third-order valence-corrected chi connectivity index (χ3v) is 6.07. The van der Waals surface area contributed by atoms with Crippen LogP contribution in [0.5, 0.6) is 5.75 Å². The summed E-state index contributed by atoms with van der Waals surface area (Å²) < 4.78 is 32.8. The van der Waals surface area contributed by atoms with E-state index in [1.165, 1.54) is 4.31 Å². The van der Waals surface area contributed by atoms with Crippen molar-refractivity contribution in [2.75, 3.05) is 32.8 Å². The monoisotopic (exact) mass is 368 g/mol. The van der Waals surface area contributed by atoms with Gasteiger partial charge in [-0.2, -0.15) is 4.31 Å². The maximum atomic E-state index is 12.8. The van der Waals surface area contributed by atoms with E-state index in [-0.39, 0.29) is 10.8 Å². The first-order valence-electron chi connectivity index (χ1n) is 8.85. The Hall–Kier alpha value is -1.60. The van der Waals surface area contributed by atoms with Crippen LogP contribution in [0.25, 0.3) is 0 Å². The summed E-state index contributed by atoms with van der Waals surface area (Å²) in [7, 11) is -3.55. The van der Waals surface area contributed by atoms with Crippen LogP contribution in [-0.4, -0.2) is 56.3 Å². The first-order valence-corrected chi connectivity index (χ1v) is 10.3. The summed E-state index contributed by atoms with van der Waals surface area (Å²) in [6, 6.07) is 6.57. The van der Waals surface area contributed by atoms with Gasteiger partial charge in [0.15, 0.2) is 0 Å². The van der Waals surface area contributed by atoms with Gasteiger partial charge in [-0.15, -0.1) is 0 Å². The molecule has 1 aromatic rings. The molecule has 1 fully saturated rings. The van der Waals surface area contributed by atoms with Crippen LogP contribution in [0.15, 0.2) is 29.2 Å². The van der Waals surface area contributed by atoms with Crippen LogP contribution in [0.2, 0.25) is 0 Å². The number of nitrogens with zero attached hydrogens (tertiary/aromatic N) is 2. The second-order valence-corrected chi connectivity index (χ2v) is 8.61. The quantitative estimate of drug-likeness (QED) is 0.773. The number of hydrogen-bond donors (Lipinski definition) is 0. The molecule has 0 N–H and O–H groups in total. The summed E-state index contributed by atoms with van der Waals surface area (Å²) in [5.41, 5.74) is 0. The average molecular weight is 368 g/mol.